The normalized spacial score (nSPS) is 12.8. The molecule has 0 saturated carbocycles. The molecule has 20 heavy (non-hydrogen) atoms. The minimum absolute atomic E-state index is 0.401. The third-order valence-electron chi connectivity index (χ3n) is 3.56. The van der Waals surface area contributed by atoms with Gasteiger partial charge in [0.2, 0.25) is 0 Å². The number of aromatic nitrogens is 1. The molecule has 0 spiro atoms. The first-order chi connectivity index (χ1) is 9.41. The van der Waals surface area contributed by atoms with Gasteiger partial charge >= 0.3 is 5.97 Å². The van der Waals surface area contributed by atoms with Gasteiger partial charge in [-0.25, -0.2) is 4.98 Å². The van der Waals surface area contributed by atoms with Gasteiger partial charge in [-0.05, 0) is 32.5 Å². The molecule has 0 aliphatic carbocycles. The summed E-state index contributed by atoms with van der Waals surface area (Å²) < 4.78 is 0. The van der Waals surface area contributed by atoms with Gasteiger partial charge in [0.05, 0.1) is 16.2 Å². The predicted molar refractivity (Wildman–Crippen MR) is 80.1 cm³/mol. The van der Waals surface area contributed by atoms with Crippen molar-refractivity contribution >= 4 is 28.5 Å². The molecule has 2 aromatic rings. The lowest BCUT2D eigenvalue weighted by Gasteiger charge is -2.21. The summed E-state index contributed by atoms with van der Waals surface area (Å²) in [6, 6.07) is 7.21. The van der Waals surface area contributed by atoms with Crippen LogP contribution in [-0.4, -0.2) is 34.0 Å². The number of halogens is 1. The van der Waals surface area contributed by atoms with E-state index in [9.17, 15) is 4.79 Å². The number of nitrogens with zero attached hydrogens (tertiary/aromatic N) is 2. The van der Waals surface area contributed by atoms with Crippen molar-refractivity contribution in [2.45, 2.75) is 26.4 Å². The van der Waals surface area contributed by atoms with Crippen LogP contribution in [0.4, 0.5) is 0 Å². The van der Waals surface area contributed by atoms with E-state index in [4.69, 9.17) is 16.7 Å². The summed E-state index contributed by atoms with van der Waals surface area (Å²) >= 11 is 6.36. The van der Waals surface area contributed by atoms with E-state index in [1.807, 2.05) is 31.2 Å². The van der Waals surface area contributed by atoms with Crippen molar-refractivity contribution < 1.29 is 9.90 Å². The molecule has 0 aliphatic heterocycles. The number of aryl methyl sites for hydroxylation is 1. The molecule has 0 saturated heterocycles. The molecule has 0 fully saturated rings. The van der Waals surface area contributed by atoms with Gasteiger partial charge < -0.3 is 5.11 Å². The highest BCUT2D eigenvalue weighted by Crippen LogP contribution is 2.27. The number of aliphatic carboxylic acids is 1. The molecule has 0 bridgehead atoms. The zero-order valence-corrected chi connectivity index (χ0v) is 12.5. The van der Waals surface area contributed by atoms with Crippen LogP contribution in [0.3, 0.4) is 0 Å². The zero-order chi connectivity index (χ0) is 14.9. The Bertz CT molecular complexity index is 658. The fraction of sp³-hybridized carbons (Fsp3) is 0.333. The smallest absolute Gasteiger partial charge is 0.320 e. The Morgan fingerprint density at radius 3 is 2.75 bits per heavy atom. The van der Waals surface area contributed by atoms with Crippen LogP contribution in [-0.2, 0) is 11.3 Å². The highest BCUT2D eigenvalue weighted by molar-refractivity contribution is 6.32. The lowest BCUT2D eigenvalue weighted by Crippen LogP contribution is -2.35. The van der Waals surface area contributed by atoms with Crippen LogP contribution in [0.5, 0.6) is 0 Å². The van der Waals surface area contributed by atoms with Crippen LogP contribution in [0.2, 0.25) is 5.02 Å². The largest absolute Gasteiger partial charge is 0.480 e. The van der Waals surface area contributed by atoms with Crippen LogP contribution >= 0.6 is 11.6 Å². The van der Waals surface area contributed by atoms with Crippen LogP contribution < -0.4 is 0 Å². The number of likely N-dealkylation sites (N-methyl/N-ethyl adjacent to an activating group) is 1. The molecule has 0 radical (unpaired) electrons. The van der Waals surface area contributed by atoms with Crippen molar-refractivity contribution in [3.05, 3.63) is 40.5 Å². The monoisotopic (exact) mass is 292 g/mol. The highest BCUT2D eigenvalue weighted by atomic mass is 35.5. The minimum atomic E-state index is -0.860. The van der Waals surface area contributed by atoms with Crippen LogP contribution in [0.15, 0.2) is 24.3 Å². The molecule has 106 valence electrons. The molecule has 1 unspecified atom stereocenters. The summed E-state index contributed by atoms with van der Waals surface area (Å²) in [5.74, 6) is -0.860. The topological polar surface area (TPSA) is 53.4 Å². The maximum absolute atomic E-state index is 11.0. The molecule has 2 rings (SSSR count). The Hall–Kier alpha value is -1.65. The molecule has 0 amide bonds. The minimum Gasteiger partial charge on any atom is -0.480 e. The highest BCUT2D eigenvalue weighted by Gasteiger charge is 2.19. The molecule has 4 nitrogen and oxygen atoms in total. The second-order valence-electron chi connectivity index (χ2n) is 4.94. The number of carboxylic acids is 1. The van der Waals surface area contributed by atoms with Crippen molar-refractivity contribution in [3.8, 4) is 0 Å². The standard InChI is InChI=1S/C15H17ClN2O2/c1-9-11-6-4-5-7-12(11)17-13(14(9)16)8-18(3)10(2)15(19)20/h4-7,10H,8H2,1-3H3,(H,19,20). The molecule has 1 aromatic heterocycles. The summed E-state index contributed by atoms with van der Waals surface area (Å²) in [5, 5.41) is 10.7. The maximum atomic E-state index is 11.0. The van der Waals surface area contributed by atoms with Crippen molar-refractivity contribution in [1.29, 1.82) is 0 Å². The van der Waals surface area contributed by atoms with E-state index >= 15 is 0 Å². The number of hydrogen-bond donors (Lipinski definition) is 1. The third-order valence-corrected chi connectivity index (χ3v) is 4.07. The molecule has 1 N–H and O–H groups in total. The van der Waals surface area contributed by atoms with Crippen molar-refractivity contribution in [2.24, 2.45) is 0 Å². The number of benzene rings is 1. The Morgan fingerprint density at radius 2 is 2.10 bits per heavy atom. The molecule has 5 heteroatoms. The van der Waals surface area contributed by atoms with E-state index in [-0.39, 0.29) is 0 Å². The quantitative estimate of drug-likeness (QED) is 0.941. The fourth-order valence-corrected chi connectivity index (χ4v) is 2.29. The zero-order valence-electron chi connectivity index (χ0n) is 11.7. The fourth-order valence-electron chi connectivity index (χ4n) is 2.08. The summed E-state index contributed by atoms with van der Waals surface area (Å²) in [5.41, 5.74) is 2.56. The summed E-state index contributed by atoms with van der Waals surface area (Å²) in [4.78, 5) is 17.3. The number of hydrogen-bond acceptors (Lipinski definition) is 3. The SMILES string of the molecule is Cc1c(Cl)c(CN(C)C(C)C(=O)O)nc2ccccc12. The van der Waals surface area contributed by atoms with Gasteiger partial charge in [-0.2, -0.15) is 0 Å². The first-order valence-corrected chi connectivity index (χ1v) is 6.76. The van der Waals surface area contributed by atoms with Gasteiger partial charge in [-0.1, -0.05) is 29.8 Å². The molecule has 1 heterocycles. The maximum Gasteiger partial charge on any atom is 0.320 e. The number of para-hydroxylation sites is 1. The molecule has 0 aliphatic rings. The average molecular weight is 293 g/mol. The lowest BCUT2D eigenvalue weighted by atomic mass is 10.1. The van der Waals surface area contributed by atoms with E-state index in [0.29, 0.717) is 17.3 Å². The Kier molecular flexibility index (Phi) is 4.26. The molecular formula is C15H17ClN2O2. The van der Waals surface area contributed by atoms with E-state index in [0.717, 1.165) is 16.5 Å². The molecular weight excluding hydrogens is 276 g/mol. The number of carbonyl (C=O) groups is 1. The van der Waals surface area contributed by atoms with Crippen LogP contribution in [0.1, 0.15) is 18.2 Å². The van der Waals surface area contributed by atoms with E-state index in [1.165, 1.54) is 0 Å². The second-order valence-corrected chi connectivity index (χ2v) is 5.32. The summed E-state index contributed by atoms with van der Waals surface area (Å²) in [6.45, 7) is 4.00. The Labute approximate surface area is 123 Å². The Morgan fingerprint density at radius 1 is 1.45 bits per heavy atom. The lowest BCUT2D eigenvalue weighted by molar-refractivity contribution is -0.142. The van der Waals surface area contributed by atoms with E-state index in [2.05, 4.69) is 4.98 Å². The van der Waals surface area contributed by atoms with E-state index in [1.54, 1.807) is 18.9 Å². The van der Waals surface area contributed by atoms with Crippen molar-refractivity contribution in [2.75, 3.05) is 7.05 Å². The van der Waals surface area contributed by atoms with Gasteiger partial charge in [0, 0.05) is 11.9 Å². The molecule has 1 aromatic carbocycles. The van der Waals surface area contributed by atoms with Crippen LogP contribution in [0.25, 0.3) is 10.9 Å². The Balaban J connectivity index is 2.40. The van der Waals surface area contributed by atoms with Crippen molar-refractivity contribution in [3.63, 3.8) is 0 Å². The summed E-state index contributed by atoms with van der Waals surface area (Å²) in [6.07, 6.45) is 0. The summed E-state index contributed by atoms with van der Waals surface area (Å²) in [7, 11) is 1.75. The average Bonchev–Trinajstić information content (AvgIpc) is 2.43. The van der Waals surface area contributed by atoms with Gasteiger partial charge in [0.15, 0.2) is 0 Å². The number of rotatable bonds is 4. The van der Waals surface area contributed by atoms with Gasteiger partial charge in [0.25, 0.3) is 0 Å². The van der Waals surface area contributed by atoms with Crippen molar-refractivity contribution in [1.82, 2.24) is 9.88 Å². The van der Waals surface area contributed by atoms with Crippen LogP contribution in [0, 0.1) is 6.92 Å². The number of pyridine rings is 1. The van der Waals surface area contributed by atoms with Gasteiger partial charge in [-0.15, -0.1) is 0 Å². The first kappa shape index (κ1) is 14.8. The van der Waals surface area contributed by atoms with E-state index < -0.39 is 12.0 Å². The molecule has 1 atom stereocenters. The predicted octanol–water partition coefficient (Wildman–Crippen LogP) is 3.10. The van der Waals surface area contributed by atoms with Gasteiger partial charge in [0.1, 0.15) is 6.04 Å². The second kappa shape index (κ2) is 5.77. The third kappa shape index (κ3) is 2.76. The number of carboxylic acid groups (broad SMARTS) is 1. The van der Waals surface area contributed by atoms with Gasteiger partial charge in [-0.3, -0.25) is 9.69 Å². The number of fused-ring (bicyclic) bond motifs is 1. The first-order valence-electron chi connectivity index (χ1n) is 6.38.